The van der Waals surface area contributed by atoms with Gasteiger partial charge in [0.05, 0.1) is 0 Å². The Morgan fingerprint density at radius 2 is 2.26 bits per heavy atom. The van der Waals surface area contributed by atoms with Gasteiger partial charge < -0.3 is 14.6 Å². The fraction of sp³-hybridized carbons (Fsp3) is 0.286. The minimum Gasteiger partial charge on any atom is -0.484 e. The maximum Gasteiger partial charge on any atom is 0.263 e. The molecule has 0 unspecified atom stereocenters. The van der Waals surface area contributed by atoms with Crippen LogP contribution in [0.2, 0.25) is 0 Å². The second-order valence-electron chi connectivity index (χ2n) is 4.16. The minimum absolute atomic E-state index is 0.0565. The molecule has 0 radical (unpaired) electrons. The second-order valence-corrected chi connectivity index (χ2v) is 4.16. The Hall–Kier alpha value is -2.30. The van der Waals surface area contributed by atoms with Gasteiger partial charge in [-0.05, 0) is 31.0 Å². The van der Waals surface area contributed by atoms with Crippen molar-refractivity contribution < 1.29 is 14.1 Å². The van der Waals surface area contributed by atoms with Crippen LogP contribution in [-0.4, -0.2) is 17.7 Å². The molecule has 5 heteroatoms. The first-order valence-corrected chi connectivity index (χ1v) is 6.12. The fourth-order valence-corrected chi connectivity index (χ4v) is 1.61. The summed E-state index contributed by atoms with van der Waals surface area (Å²) in [6, 6.07) is 9.33. The van der Waals surface area contributed by atoms with E-state index < -0.39 is 0 Å². The van der Waals surface area contributed by atoms with Gasteiger partial charge in [0, 0.05) is 6.07 Å². The summed E-state index contributed by atoms with van der Waals surface area (Å²) in [5.41, 5.74) is 1.17. The van der Waals surface area contributed by atoms with Crippen molar-refractivity contribution >= 4 is 11.7 Å². The number of hydrogen-bond donors (Lipinski definition) is 1. The molecule has 5 nitrogen and oxygen atoms in total. The summed E-state index contributed by atoms with van der Waals surface area (Å²) >= 11 is 0. The summed E-state index contributed by atoms with van der Waals surface area (Å²) in [5.74, 6) is 1.46. The highest BCUT2D eigenvalue weighted by Crippen LogP contribution is 2.13. The van der Waals surface area contributed by atoms with Gasteiger partial charge in [0.2, 0.25) is 0 Å². The Balaban J connectivity index is 1.86. The van der Waals surface area contributed by atoms with Gasteiger partial charge in [0.25, 0.3) is 5.91 Å². The molecule has 0 bridgehead atoms. The summed E-state index contributed by atoms with van der Waals surface area (Å²) in [7, 11) is 0. The lowest BCUT2D eigenvalue weighted by molar-refractivity contribution is -0.118. The topological polar surface area (TPSA) is 64.4 Å². The van der Waals surface area contributed by atoms with Crippen LogP contribution in [-0.2, 0) is 11.2 Å². The van der Waals surface area contributed by atoms with Crippen LogP contribution in [0.25, 0.3) is 0 Å². The van der Waals surface area contributed by atoms with E-state index in [9.17, 15) is 4.79 Å². The van der Waals surface area contributed by atoms with Crippen LogP contribution in [0.3, 0.4) is 0 Å². The summed E-state index contributed by atoms with van der Waals surface area (Å²) in [5, 5.41) is 6.27. The number of nitrogens with zero attached hydrogens (tertiary/aromatic N) is 1. The zero-order valence-electron chi connectivity index (χ0n) is 11.0. The van der Waals surface area contributed by atoms with E-state index >= 15 is 0 Å². The number of anilines is 1. The summed E-state index contributed by atoms with van der Waals surface area (Å²) in [6.45, 7) is 3.77. The molecule has 1 aromatic carbocycles. The Morgan fingerprint density at radius 3 is 2.95 bits per heavy atom. The molecule has 1 amide bonds. The number of carbonyl (C=O) groups excluding carboxylic acids is 1. The molecule has 0 saturated heterocycles. The predicted molar refractivity (Wildman–Crippen MR) is 71.2 cm³/mol. The third kappa shape index (κ3) is 3.84. The Labute approximate surface area is 111 Å². The maximum absolute atomic E-state index is 11.6. The van der Waals surface area contributed by atoms with Crippen molar-refractivity contribution in [3.05, 3.63) is 41.7 Å². The molecule has 0 aliphatic carbocycles. The molecule has 1 N–H and O–H groups in total. The average molecular weight is 260 g/mol. The molecule has 0 aliphatic rings. The number of aryl methyl sites for hydroxylation is 2. The van der Waals surface area contributed by atoms with Gasteiger partial charge in [-0.2, -0.15) is 0 Å². The largest absolute Gasteiger partial charge is 0.484 e. The number of amides is 1. The van der Waals surface area contributed by atoms with Crippen molar-refractivity contribution in [1.82, 2.24) is 5.16 Å². The van der Waals surface area contributed by atoms with E-state index in [-0.39, 0.29) is 12.5 Å². The van der Waals surface area contributed by atoms with Crippen LogP contribution in [0.4, 0.5) is 5.82 Å². The zero-order valence-corrected chi connectivity index (χ0v) is 11.0. The number of carbonyl (C=O) groups is 1. The minimum atomic E-state index is -0.268. The van der Waals surface area contributed by atoms with Crippen molar-refractivity contribution in [1.29, 1.82) is 0 Å². The maximum atomic E-state index is 11.6. The van der Waals surface area contributed by atoms with Gasteiger partial charge in [-0.15, -0.1) is 0 Å². The van der Waals surface area contributed by atoms with E-state index in [1.165, 1.54) is 5.56 Å². The molecule has 0 aliphatic heterocycles. The molecule has 19 heavy (non-hydrogen) atoms. The molecule has 0 saturated carbocycles. The molecule has 1 aromatic heterocycles. The molecule has 100 valence electrons. The first-order chi connectivity index (χ1) is 9.17. The number of rotatable bonds is 5. The standard InChI is InChI=1S/C14H16N2O3/c1-3-11-5-4-6-12(8-11)18-9-14(17)15-13-7-10(2)19-16-13/h4-8H,3,9H2,1-2H3,(H,15,16,17). The lowest BCUT2D eigenvalue weighted by Gasteiger charge is -2.06. The number of ether oxygens (including phenoxy) is 1. The Morgan fingerprint density at radius 1 is 1.42 bits per heavy atom. The molecule has 1 heterocycles. The van der Waals surface area contributed by atoms with Crippen LogP contribution in [0.1, 0.15) is 18.2 Å². The second kappa shape index (κ2) is 6.04. The van der Waals surface area contributed by atoms with Gasteiger partial charge in [-0.1, -0.05) is 24.2 Å². The summed E-state index contributed by atoms with van der Waals surface area (Å²) in [6.07, 6.45) is 0.932. The fourth-order valence-electron chi connectivity index (χ4n) is 1.61. The van der Waals surface area contributed by atoms with Gasteiger partial charge in [0.1, 0.15) is 11.5 Å². The van der Waals surface area contributed by atoms with E-state index in [1.807, 2.05) is 24.3 Å². The number of nitrogens with one attached hydrogen (secondary N) is 1. The molecule has 0 fully saturated rings. The quantitative estimate of drug-likeness (QED) is 0.897. The highest BCUT2D eigenvalue weighted by molar-refractivity contribution is 5.90. The predicted octanol–water partition coefficient (Wildman–Crippen LogP) is 2.56. The molecule has 0 spiro atoms. The van der Waals surface area contributed by atoms with Gasteiger partial charge in [0.15, 0.2) is 12.4 Å². The lowest BCUT2D eigenvalue weighted by atomic mass is 10.2. The van der Waals surface area contributed by atoms with Crippen LogP contribution < -0.4 is 10.1 Å². The van der Waals surface area contributed by atoms with Crippen LogP contribution in [0.5, 0.6) is 5.75 Å². The molecule has 2 rings (SSSR count). The van der Waals surface area contributed by atoms with E-state index in [0.29, 0.717) is 17.3 Å². The Bertz CT molecular complexity index is 563. The van der Waals surface area contributed by atoms with Crippen LogP contribution >= 0.6 is 0 Å². The summed E-state index contributed by atoms with van der Waals surface area (Å²) in [4.78, 5) is 11.6. The Kier molecular flexibility index (Phi) is 4.18. The first-order valence-electron chi connectivity index (χ1n) is 6.12. The van der Waals surface area contributed by atoms with Gasteiger partial charge >= 0.3 is 0 Å². The molecule has 2 aromatic rings. The average Bonchev–Trinajstić information content (AvgIpc) is 2.82. The number of aromatic nitrogens is 1. The van der Waals surface area contributed by atoms with Gasteiger partial charge in [-0.25, -0.2) is 0 Å². The smallest absolute Gasteiger partial charge is 0.263 e. The van der Waals surface area contributed by atoms with E-state index in [2.05, 4.69) is 17.4 Å². The van der Waals surface area contributed by atoms with Gasteiger partial charge in [-0.3, -0.25) is 4.79 Å². The highest BCUT2D eigenvalue weighted by atomic mass is 16.5. The summed E-state index contributed by atoms with van der Waals surface area (Å²) < 4.78 is 10.3. The third-order valence-electron chi connectivity index (χ3n) is 2.57. The first kappa shape index (κ1) is 13.1. The van der Waals surface area contributed by atoms with Crippen molar-refractivity contribution in [2.75, 3.05) is 11.9 Å². The molecular formula is C14H16N2O3. The highest BCUT2D eigenvalue weighted by Gasteiger charge is 2.07. The van der Waals surface area contributed by atoms with Crippen LogP contribution in [0, 0.1) is 6.92 Å². The van der Waals surface area contributed by atoms with Crippen molar-refractivity contribution in [2.24, 2.45) is 0 Å². The van der Waals surface area contributed by atoms with E-state index in [4.69, 9.17) is 9.26 Å². The SMILES string of the molecule is CCc1cccc(OCC(=O)Nc2cc(C)on2)c1. The van der Waals surface area contributed by atoms with Crippen molar-refractivity contribution in [3.63, 3.8) is 0 Å². The zero-order chi connectivity index (χ0) is 13.7. The van der Waals surface area contributed by atoms with E-state index in [0.717, 1.165) is 6.42 Å². The van der Waals surface area contributed by atoms with Crippen LogP contribution in [0.15, 0.2) is 34.9 Å². The third-order valence-corrected chi connectivity index (χ3v) is 2.57. The normalized spacial score (nSPS) is 10.2. The molecule has 0 atom stereocenters. The monoisotopic (exact) mass is 260 g/mol. The van der Waals surface area contributed by atoms with Crippen molar-refractivity contribution in [3.8, 4) is 5.75 Å². The number of hydrogen-bond acceptors (Lipinski definition) is 4. The lowest BCUT2D eigenvalue weighted by Crippen LogP contribution is -2.20. The number of benzene rings is 1. The van der Waals surface area contributed by atoms with Crippen molar-refractivity contribution in [2.45, 2.75) is 20.3 Å². The molecular weight excluding hydrogens is 244 g/mol. The van der Waals surface area contributed by atoms with E-state index in [1.54, 1.807) is 13.0 Å².